The molecule has 1 aliphatic rings. The molecule has 4 nitrogen and oxygen atoms in total. The van der Waals surface area contributed by atoms with Crippen molar-refractivity contribution in [3.63, 3.8) is 0 Å². The average Bonchev–Trinajstić information content (AvgIpc) is 3.10. The molecule has 5 heteroatoms. The molecular weight excluding hydrogens is 344 g/mol. The standard InChI is InChI=1S/C21H24N2O2S/c1-14-5-3-8-19(15(14)2)23-20(24)12-22-21(25)13-26-18-10-9-16-6-4-7-17(16)11-18/h3,5,8-11H,4,6-7,12-13H2,1-2H3,(H,22,25)(H,23,24). The molecule has 0 bridgehead atoms. The van der Waals surface area contributed by atoms with Crippen LogP contribution in [0.25, 0.3) is 0 Å². The van der Waals surface area contributed by atoms with Crippen molar-refractivity contribution in [1.29, 1.82) is 0 Å². The number of aryl methyl sites for hydroxylation is 3. The number of anilines is 1. The van der Waals surface area contributed by atoms with E-state index >= 15 is 0 Å². The van der Waals surface area contributed by atoms with Gasteiger partial charge in [0, 0.05) is 10.6 Å². The minimum Gasteiger partial charge on any atom is -0.346 e. The van der Waals surface area contributed by atoms with Gasteiger partial charge in [-0.05, 0) is 73.6 Å². The van der Waals surface area contributed by atoms with E-state index in [4.69, 9.17) is 0 Å². The maximum atomic E-state index is 12.0. The highest BCUT2D eigenvalue weighted by Crippen LogP contribution is 2.27. The molecule has 0 aliphatic heterocycles. The topological polar surface area (TPSA) is 58.2 Å². The third-order valence-corrected chi connectivity index (χ3v) is 5.76. The van der Waals surface area contributed by atoms with Gasteiger partial charge in [0.15, 0.2) is 0 Å². The van der Waals surface area contributed by atoms with E-state index in [0.717, 1.165) is 34.6 Å². The van der Waals surface area contributed by atoms with E-state index in [-0.39, 0.29) is 18.4 Å². The quantitative estimate of drug-likeness (QED) is 0.766. The summed E-state index contributed by atoms with van der Waals surface area (Å²) >= 11 is 1.51. The van der Waals surface area contributed by atoms with Crippen molar-refractivity contribution in [2.24, 2.45) is 0 Å². The SMILES string of the molecule is Cc1cccc(NC(=O)CNC(=O)CSc2ccc3c(c2)CCC3)c1C. The molecule has 0 unspecified atom stereocenters. The molecule has 1 aliphatic carbocycles. The fourth-order valence-corrected chi connectivity index (χ4v) is 3.89. The van der Waals surface area contributed by atoms with Crippen LogP contribution in [0.2, 0.25) is 0 Å². The third-order valence-electron chi connectivity index (χ3n) is 4.76. The van der Waals surface area contributed by atoms with Gasteiger partial charge in [-0.1, -0.05) is 18.2 Å². The Kier molecular flexibility index (Phi) is 5.99. The normalized spacial score (nSPS) is 12.5. The lowest BCUT2D eigenvalue weighted by Crippen LogP contribution is -2.34. The Bertz CT molecular complexity index is 833. The average molecular weight is 369 g/mol. The largest absolute Gasteiger partial charge is 0.346 e. The van der Waals surface area contributed by atoms with Crippen LogP contribution < -0.4 is 10.6 Å². The lowest BCUT2D eigenvalue weighted by atomic mass is 10.1. The number of benzene rings is 2. The van der Waals surface area contributed by atoms with Crippen LogP contribution in [0.5, 0.6) is 0 Å². The van der Waals surface area contributed by atoms with Gasteiger partial charge >= 0.3 is 0 Å². The van der Waals surface area contributed by atoms with Gasteiger partial charge in [0.2, 0.25) is 11.8 Å². The first-order valence-electron chi connectivity index (χ1n) is 8.90. The molecule has 2 N–H and O–H groups in total. The van der Waals surface area contributed by atoms with E-state index in [1.807, 2.05) is 32.0 Å². The van der Waals surface area contributed by atoms with Gasteiger partial charge in [0.05, 0.1) is 12.3 Å². The van der Waals surface area contributed by atoms with Gasteiger partial charge < -0.3 is 10.6 Å². The van der Waals surface area contributed by atoms with Crippen LogP contribution in [0.4, 0.5) is 5.69 Å². The van der Waals surface area contributed by atoms with E-state index in [1.165, 1.54) is 29.3 Å². The lowest BCUT2D eigenvalue weighted by molar-refractivity contribution is -0.122. The van der Waals surface area contributed by atoms with E-state index in [2.05, 4.69) is 28.8 Å². The summed E-state index contributed by atoms with van der Waals surface area (Å²) in [4.78, 5) is 25.2. The molecule has 136 valence electrons. The number of hydrogen-bond donors (Lipinski definition) is 2. The summed E-state index contributed by atoms with van der Waals surface area (Å²) < 4.78 is 0. The zero-order valence-electron chi connectivity index (χ0n) is 15.2. The molecule has 2 aromatic carbocycles. The van der Waals surface area contributed by atoms with Gasteiger partial charge in [-0.25, -0.2) is 0 Å². The third kappa shape index (κ3) is 4.67. The van der Waals surface area contributed by atoms with E-state index in [0.29, 0.717) is 5.75 Å². The van der Waals surface area contributed by atoms with Crippen LogP contribution in [0.15, 0.2) is 41.3 Å². The van der Waals surface area contributed by atoms with E-state index in [9.17, 15) is 9.59 Å². The molecule has 0 heterocycles. The molecule has 0 saturated heterocycles. The van der Waals surface area contributed by atoms with Gasteiger partial charge in [-0.3, -0.25) is 9.59 Å². The molecule has 0 spiro atoms. The number of thioether (sulfide) groups is 1. The highest BCUT2D eigenvalue weighted by molar-refractivity contribution is 8.00. The molecule has 0 saturated carbocycles. The number of rotatable bonds is 6. The van der Waals surface area contributed by atoms with Gasteiger partial charge in [-0.2, -0.15) is 0 Å². The maximum Gasteiger partial charge on any atom is 0.243 e. The van der Waals surface area contributed by atoms with Crippen LogP contribution >= 0.6 is 11.8 Å². The molecular formula is C21H24N2O2S. The second-order valence-electron chi connectivity index (χ2n) is 6.65. The number of fused-ring (bicyclic) bond motifs is 1. The van der Waals surface area contributed by atoms with Crippen molar-refractivity contribution in [1.82, 2.24) is 5.32 Å². The summed E-state index contributed by atoms with van der Waals surface area (Å²) in [6.45, 7) is 3.96. The number of hydrogen-bond acceptors (Lipinski definition) is 3. The zero-order chi connectivity index (χ0) is 18.5. The molecule has 0 atom stereocenters. The lowest BCUT2D eigenvalue weighted by Gasteiger charge is -2.11. The fraction of sp³-hybridized carbons (Fsp3) is 0.333. The van der Waals surface area contributed by atoms with Crippen molar-refractivity contribution in [2.45, 2.75) is 38.0 Å². The van der Waals surface area contributed by atoms with Gasteiger partial charge in [0.1, 0.15) is 0 Å². The molecule has 0 aromatic heterocycles. The van der Waals surface area contributed by atoms with E-state index in [1.54, 1.807) is 0 Å². The van der Waals surface area contributed by atoms with Crippen molar-refractivity contribution >= 4 is 29.3 Å². The number of carbonyl (C=O) groups is 2. The summed E-state index contributed by atoms with van der Waals surface area (Å²) in [7, 11) is 0. The second-order valence-corrected chi connectivity index (χ2v) is 7.69. The summed E-state index contributed by atoms with van der Waals surface area (Å²) in [5, 5.41) is 5.54. The second kappa shape index (κ2) is 8.41. The zero-order valence-corrected chi connectivity index (χ0v) is 16.0. The van der Waals surface area contributed by atoms with Crippen molar-refractivity contribution in [3.8, 4) is 0 Å². The molecule has 2 amide bonds. The summed E-state index contributed by atoms with van der Waals surface area (Å²) in [6, 6.07) is 12.2. The first kappa shape index (κ1) is 18.5. The number of carbonyl (C=O) groups excluding carboxylic acids is 2. The minimum atomic E-state index is -0.213. The van der Waals surface area contributed by atoms with Crippen molar-refractivity contribution in [3.05, 3.63) is 58.7 Å². The highest BCUT2D eigenvalue weighted by atomic mass is 32.2. The van der Waals surface area contributed by atoms with Gasteiger partial charge in [-0.15, -0.1) is 11.8 Å². The monoisotopic (exact) mass is 368 g/mol. The van der Waals surface area contributed by atoms with Crippen LogP contribution in [-0.2, 0) is 22.4 Å². The Morgan fingerprint density at radius 3 is 2.69 bits per heavy atom. The molecule has 26 heavy (non-hydrogen) atoms. The Morgan fingerprint density at radius 2 is 1.85 bits per heavy atom. The smallest absolute Gasteiger partial charge is 0.243 e. The van der Waals surface area contributed by atoms with Crippen LogP contribution in [-0.4, -0.2) is 24.1 Å². The van der Waals surface area contributed by atoms with Crippen molar-refractivity contribution in [2.75, 3.05) is 17.6 Å². The Balaban J connectivity index is 1.43. The van der Waals surface area contributed by atoms with E-state index < -0.39 is 0 Å². The predicted molar refractivity (Wildman–Crippen MR) is 107 cm³/mol. The van der Waals surface area contributed by atoms with Crippen molar-refractivity contribution < 1.29 is 9.59 Å². The fourth-order valence-electron chi connectivity index (χ4n) is 3.10. The summed E-state index contributed by atoms with van der Waals surface area (Å²) in [5.41, 5.74) is 5.79. The van der Waals surface area contributed by atoms with Crippen LogP contribution in [0.1, 0.15) is 28.7 Å². The predicted octanol–water partition coefficient (Wildman–Crippen LogP) is 3.64. The first-order chi connectivity index (χ1) is 12.5. The first-order valence-corrected chi connectivity index (χ1v) is 9.89. The Hall–Kier alpha value is -2.27. The van der Waals surface area contributed by atoms with Crippen LogP contribution in [0, 0.1) is 13.8 Å². The minimum absolute atomic E-state index is 0.0169. The summed E-state index contributed by atoms with van der Waals surface area (Å²) in [5.74, 6) is -0.0311. The number of nitrogens with one attached hydrogen (secondary N) is 2. The molecule has 2 aromatic rings. The Morgan fingerprint density at radius 1 is 1.04 bits per heavy atom. The molecule has 0 radical (unpaired) electrons. The highest BCUT2D eigenvalue weighted by Gasteiger charge is 2.12. The molecule has 3 rings (SSSR count). The maximum absolute atomic E-state index is 12.0. The molecule has 0 fully saturated rings. The number of amides is 2. The van der Waals surface area contributed by atoms with Crippen LogP contribution in [0.3, 0.4) is 0 Å². The Labute approximate surface area is 158 Å². The van der Waals surface area contributed by atoms with Gasteiger partial charge in [0.25, 0.3) is 0 Å². The summed E-state index contributed by atoms with van der Waals surface area (Å²) in [6.07, 6.45) is 3.52.